The second-order valence-electron chi connectivity index (χ2n) is 4.94. The fourth-order valence-electron chi connectivity index (χ4n) is 1.78. The van der Waals surface area contributed by atoms with Gasteiger partial charge in [0.2, 0.25) is 0 Å². The molecule has 0 amide bonds. The Hall–Kier alpha value is -1.13. The lowest BCUT2D eigenvalue weighted by Crippen LogP contribution is -2.23. The van der Waals surface area contributed by atoms with E-state index in [0.29, 0.717) is 6.42 Å². The minimum absolute atomic E-state index is 0.446. The van der Waals surface area contributed by atoms with Crippen LogP contribution in [0.5, 0.6) is 0 Å². The first-order valence-electron chi connectivity index (χ1n) is 6.54. The Bertz CT molecular complexity index is 337. The van der Waals surface area contributed by atoms with Gasteiger partial charge in [-0.25, -0.2) is 0 Å². The third-order valence-electron chi connectivity index (χ3n) is 3.04. The van der Waals surface area contributed by atoms with Crippen LogP contribution in [0.1, 0.15) is 31.6 Å². The van der Waals surface area contributed by atoms with Gasteiger partial charge in [-0.05, 0) is 45.6 Å². The third kappa shape index (κ3) is 4.63. The molecule has 0 aliphatic rings. The molecular formula is C14H25N3O. The van der Waals surface area contributed by atoms with Crippen LogP contribution in [0.25, 0.3) is 0 Å². The van der Waals surface area contributed by atoms with Crippen molar-refractivity contribution < 1.29 is 5.11 Å². The molecule has 1 aromatic rings. The quantitative estimate of drug-likeness (QED) is 0.803. The highest BCUT2D eigenvalue weighted by Crippen LogP contribution is 2.17. The fourth-order valence-corrected chi connectivity index (χ4v) is 1.78. The van der Waals surface area contributed by atoms with Gasteiger partial charge in [-0.3, -0.25) is 4.98 Å². The van der Waals surface area contributed by atoms with Crippen LogP contribution in [0, 0.1) is 0 Å². The Morgan fingerprint density at radius 2 is 1.94 bits per heavy atom. The van der Waals surface area contributed by atoms with Crippen LogP contribution < -0.4 is 4.90 Å². The molecule has 0 aromatic carbocycles. The monoisotopic (exact) mass is 251 g/mol. The van der Waals surface area contributed by atoms with Gasteiger partial charge < -0.3 is 14.9 Å². The van der Waals surface area contributed by atoms with Crippen molar-refractivity contribution >= 4 is 5.69 Å². The van der Waals surface area contributed by atoms with Crippen molar-refractivity contribution in [3.05, 3.63) is 24.0 Å². The summed E-state index contributed by atoms with van der Waals surface area (Å²) < 4.78 is 0. The van der Waals surface area contributed by atoms with Gasteiger partial charge in [0.1, 0.15) is 0 Å². The van der Waals surface area contributed by atoms with E-state index in [1.165, 1.54) is 0 Å². The lowest BCUT2D eigenvalue weighted by Gasteiger charge is -2.20. The van der Waals surface area contributed by atoms with Crippen molar-refractivity contribution in [2.45, 2.75) is 25.9 Å². The zero-order valence-electron chi connectivity index (χ0n) is 11.9. The smallest absolute Gasteiger partial charge is 0.0957 e. The molecule has 18 heavy (non-hydrogen) atoms. The first kappa shape index (κ1) is 14.9. The van der Waals surface area contributed by atoms with Crippen molar-refractivity contribution in [3.8, 4) is 0 Å². The van der Waals surface area contributed by atoms with Gasteiger partial charge in [0.25, 0.3) is 0 Å². The number of pyridine rings is 1. The molecule has 4 heteroatoms. The summed E-state index contributed by atoms with van der Waals surface area (Å²) in [5.74, 6) is 0. The molecule has 0 aliphatic heterocycles. The molecule has 102 valence electrons. The predicted molar refractivity (Wildman–Crippen MR) is 75.9 cm³/mol. The highest BCUT2D eigenvalue weighted by molar-refractivity contribution is 5.43. The molecule has 1 N–H and O–H groups in total. The Balaban J connectivity index is 2.51. The fraction of sp³-hybridized carbons (Fsp3) is 0.643. The van der Waals surface area contributed by atoms with Crippen LogP contribution in [0.3, 0.4) is 0 Å². The zero-order valence-corrected chi connectivity index (χ0v) is 11.9. The van der Waals surface area contributed by atoms with E-state index in [1.54, 1.807) is 0 Å². The van der Waals surface area contributed by atoms with Crippen molar-refractivity contribution in [2.24, 2.45) is 0 Å². The minimum Gasteiger partial charge on any atom is -0.387 e. The Morgan fingerprint density at radius 3 is 2.44 bits per heavy atom. The molecule has 0 bridgehead atoms. The molecule has 0 radical (unpaired) electrons. The second-order valence-corrected chi connectivity index (χ2v) is 4.94. The van der Waals surface area contributed by atoms with Gasteiger partial charge in [-0.15, -0.1) is 0 Å². The maximum atomic E-state index is 9.68. The third-order valence-corrected chi connectivity index (χ3v) is 3.04. The van der Waals surface area contributed by atoms with E-state index in [-0.39, 0.29) is 0 Å². The molecule has 0 fully saturated rings. The van der Waals surface area contributed by atoms with Crippen LogP contribution in [0.15, 0.2) is 18.3 Å². The summed E-state index contributed by atoms with van der Waals surface area (Å²) in [6, 6.07) is 3.93. The lowest BCUT2D eigenvalue weighted by molar-refractivity contribution is 0.169. The first-order valence-corrected chi connectivity index (χ1v) is 6.54. The van der Waals surface area contributed by atoms with Crippen LogP contribution >= 0.6 is 0 Å². The number of rotatable bonds is 7. The molecule has 1 aromatic heterocycles. The molecule has 1 rings (SSSR count). The molecule has 1 atom stereocenters. The molecule has 0 unspecified atom stereocenters. The first-order chi connectivity index (χ1) is 8.54. The standard InChI is InChI=1S/C14H25N3O/c1-5-14(18)13-8-7-12(11-15-13)17(4)10-6-9-16(2)3/h7-8,11,14,18H,5-6,9-10H2,1-4H3/t14-/m0/s1. The SMILES string of the molecule is CC[C@H](O)c1ccc(N(C)CCCN(C)C)cn1. The molecule has 0 saturated carbocycles. The number of aromatic nitrogens is 1. The molecule has 0 aliphatic carbocycles. The van der Waals surface area contributed by atoms with E-state index in [0.717, 1.165) is 30.9 Å². The molecule has 1 heterocycles. The summed E-state index contributed by atoms with van der Waals surface area (Å²) in [4.78, 5) is 8.69. The Kier molecular flexibility index (Phi) is 6.09. The summed E-state index contributed by atoms with van der Waals surface area (Å²) in [7, 11) is 6.24. The van der Waals surface area contributed by atoms with Gasteiger partial charge in [-0.2, -0.15) is 0 Å². The Labute approximate surface area is 110 Å². The maximum absolute atomic E-state index is 9.68. The van der Waals surface area contributed by atoms with Crippen LogP contribution in [0.2, 0.25) is 0 Å². The summed E-state index contributed by atoms with van der Waals surface area (Å²) in [5, 5.41) is 9.68. The largest absolute Gasteiger partial charge is 0.387 e. The number of aliphatic hydroxyl groups is 1. The normalized spacial score (nSPS) is 12.8. The van der Waals surface area contributed by atoms with E-state index >= 15 is 0 Å². The molecular weight excluding hydrogens is 226 g/mol. The van der Waals surface area contributed by atoms with Crippen molar-refractivity contribution in [3.63, 3.8) is 0 Å². The van der Waals surface area contributed by atoms with Crippen LogP contribution in [-0.2, 0) is 0 Å². The van der Waals surface area contributed by atoms with Crippen LogP contribution in [-0.4, -0.2) is 49.2 Å². The highest BCUT2D eigenvalue weighted by atomic mass is 16.3. The lowest BCUT2D eigenvalue weighted by atomic mass is 10.2. The van der Waals surface area contributed by atoms with E-state index in [2.05, 4.69) is 35.9 Å². The number of hydrogen-bond acceptors (Lipinski definition) is 4. The van der Waals surface area contributed by atoms with Crippen LogP contribution in [0.4, 0.5) is 5.69 Å². The Morgan fingerprint density at radius 1 is 1.22 bits per heavy atom. The predicted octanol–water partition coefficient (Wildman–Crippen LogP) is 1.91. The highest BCUT2D eigenvalue weighted by Gasteiger charge is 2.07. The average molecular weight is 251 g/mol. The van der Waals surface area contributed by atoms with E-state index in [1.807, 2.05) is 25.3 Å². The average Bonchev–Trinajstić information content (AvgIpc) is 2.37. The molecule has 0 saturated heterocycles. The number of hydrogen-bond donors (Lipinski definition) is 1. The van der Waals surface area contributed by atoms with Crippen molar-refractivity contribution in [1.82, 2.24) is 9.88 Å². The molecule has 0 spiro atoms. The van der Waals surface area contributed by atoms with Gasteiger partial charge >= 0.3 is 0 Å². The number of aliphatic hydroxyl groups excluding tert-OH is 1. The van der Waals surface area contributed by atoms with E-state index in [4.69, 9.17) is 0 Å². The van der Waals surface area contributed by atoms with E-state index in [9.17, 15) is 5.11 Å². The summed E-state index contributed by atoms with van der Waals surface area (Å²) in [6.45, 7) is 4.05. The van der Waals surface area contributed by atoms with Gasteiger partial charge in [0.05, 0.1) is 23.7 Å². The second kappa shape index (κ2) is 7.34. The van der Waals surface area contributed by atoms with Crippen molar-refractivity contribution in [1.29, 1.82) is 0 Å². The van der Waals surface area contributed by atoms with E-state index < -0.39 is 6.10 Å². The molecule has 4 nitrogen and oxygen atoms in total. The zero-order chi connectivity index (χ0) is 13.5. The van der Waals surface area contributed by atoms with Gasteiger partial charge in [-0.1, -0.05) is 6.92 Å². The van der Waals surface area contributed by atoms with Crippen molar-refractivity contribution in [2.75, 3.05) is 39.1 Å². The summed E-state index contributed by atoms with van der Waals surface area (Å²) in [5.41, 5.74) is 1.85. The number of nitrogens with zero attached hydrogens (tertiary/aromatic N) is 3. The maximum Gasteiger partial charge on any atom is 0.0957 e. The topological polar surface area (TPSA) is 39.6 Å². The minimum atomic E-state index is -0.446. The number of anilines is 1. The van der Waals surface area contributed by atoms with Gasteiger partial charge in [0.15, 0.2) is 0 Å². The van der Waals surface area contributed by atoms with Gasteiger partial charge in [0, 0.05) is 13.6 Å². The summed E-state index contributed by atoms with van der Waals surface area (Å²) in [6.07, 6.45) is 3.22. The summed E-state index contributed by atoms with van der Waals surface area (Å²) >= 11 is 0.